The van der Waals surface area contributed by atoms with E-state index < -0.39 is 0 Å². The Morgan fingerprint density at radius 1 is 1.22 bits per heavy atom. The Balaban J connectivity index is 2.13. The van der Waals surface area contributed by atoms with E-state index >= 15 is 0 Å². The number of imidazole rings is 1. The Labute approximate surface area is 109 Å². The van der Waals surface area contributed by atoms with Crippen molar-refractivity contribution in [1.82, 2.24) is 14.9 Å². The molecule has 2 aromatic rings. The fourth-order valence-corrected chi connectivity index (χ4v) is 1.88. The first-order valence-electron chi connectivity index (χ1n) is 6.54. The van der Waals surface area contributed by atoms with Crippen LogP contribution in [-0.4, -0.2) is 16.1 Å². The molecular formula is C15H21N3. The van der Waals surface area contributed by atoms with Crippen LogP contribution >= 0.6 is 0 Å². The van der Waals surface area contributed by atoms with Crippen molar-refractivity contribution < 1.29 is 0 Å². The van der Waals surface area contributed by atoms with Gasteiger partial charge in [0.15, 0.2) is 0 Å². The highest BCUT2D eigenvalue weighted by Crippen LogP contribution is 2.17. The van der Waals surface area contributed by atoms with Gasteiger partial charge < -0.3 is 9.88 Å². The Hall–Kier alpha value is -1.61. The third-order valence-electron chi connectivity index (χ3n) is 3.05. The number of nitrogens with zero attached hydrogens (tertiary/aromatic N) is 2. The molecule has 0 aliphatic rings. The van der Waals surface area contributed by atoms with Gasteiger partial charge in [-0.2, -0.15) is 0 Å². The number of aromatic nitrogens is 2. The van der Waals surface area contributed by atoms with Gasteiger partial charge in [-0.3, -0.25) is 0 Å². The molecule has 0 aliphatic carbocycles. The summed E-state index contributed by atoms with van der Waals surface area (Å²) in [4.78, 5) is 4.39. The maximum atomic E-state index is 4.39. The zero-order chi connectivity index (χ0) is 13.0. The summed E-state index contributed by atoms with van der Waals surface area (Å²) in [5.74, 6) is 0.575. The molecule has 1 aromatic carbocycles. The lowest BCUT2D eigenvalue weighted by Crippen LogP contribution is -2.11. The van der Waals surface area contributed by atoms with Gasteiger partial charge in [0.2, 0.25) is 0 Å². The molecule has 96 valence electrons. The SMILES string of the molecule is CCNCc1cn(-c2ccc(C(C)C)cc2)cn1. The predicted octanol–water partition coefficient (Wildman–Crippen LogP) is 3.11. The molecule has 3 heteroatoms. The van der Waals surface area contributed by atoms with Gasteiger partial charge in [0.1, 0.15) is 0 Å². The molecule has 2 rings (SSSR count). The molecular weight excluding hydrogens is 222 g/mol. The quantitative estimate of drug-likeness (QED) is 0.874. The highest BCUT2D eigenvalue weighted by molar-refractivity contribution is 5.36. The van der Waals surface area contributed by atoms with Crippen LogP contribution in [0.15, 0.2) is 36.8 Å². The molecule has 0 fully saturated rings. The zero-order valence-corrected chi connectivity index (χ0v) is 11.4. The topological polar surface area (TPSA) is 29.9 Å². The van der Waals surface area contributed by atoms with Crippen LogP contribution in [0.5, 0.6) is 0 Å². The van der Waals surface area contributed by atoms with E-state index in [4.69, 9.17) is 0 Å². The first kappa shape index (κ1) is 12.8. The summed E-state index contributed by atoms with van der Waals surface area (Å²) >= 11 is 0. The lowest BCUT2D eigenvalue weighted by molar-refractivity contribution is 0.713. The highest BCUT2D eigenvalue weighted by atomic mass is 15.0. The van der Waals surface area contributed by atoms with Crippen molar-refractivity contribution in [2.24, 2.45) is 0 Å². The van der Waals surface area contributed by atoms with Crippen molar-refractivity contribution in [3.8, 4) is 5.69 Å². The summed E-state index contributed by atoms with van der Waals surface area (Å²) in [6.45, 7) is 8.31. The van der Waals surface area contributed by atoms with E-state index in [9.17, 15) is 0 Å². The van der Waals surface area contributed by atoms with Crippen LogP contribution in [0.1, 0.15) is 37.9 Å². The molecule has 0 bridgehead atoms. The largest absolute Gasteiger partial charge is 0.311 e. The maximum Gasteiger partial charge on any atom is 0.0995 e. The van der Waals surface area contributed by atoms with Gasteiger partial charge in [0, 0.05) is 18.4 Å². The van der Waals surface area contributed by atoms with Crippen molar-refractivity contribution in [3.63, 3.8) is 0 Å². The van der Waals surface area contributed by atoms with Gasteiger partial charge >= 0.3 is 0 Å². The molecule has 0 amide bonds. The second-order valence-corrected chi connectivity index (χ2v) is 4.80. The van der Waals surface area contributed by atoms with Crippen LogP contribution < -0.4 is 5.32 Å². The molecule has 0 atom stereocenters. The molecule has 1 heterocycles. The van der Waals surface area contributed by atoms with Crippen LogP contribution in [0.3, 0.4) is 0 Å². The fourth-order valence-electron chi connectivity index (χ4n) is 1.88. The third-order valence-corrected chi connectivity index (χ3v) is 3.05. The first-order chi connectivity index (χ1) is 8.70. The molecule has 0 saturated carbocycles. The number of rotatable bonds is 5. The molecule has 0 saturated heterocycles. The Kier molecular flexibility index (Phi) is 4.15. The minimum absolute atomic E-state index is 0.575. The van der Waals surface area contributed by atoms with Gasteiger partial charge in [-0.1, -0.05) is 32.9 Å². The summed E-state index contributed by atoms with van der Waals surface area (Å²) in [6.07, 6.45) is 3.95. The molecule has 0 spiro atoms. The Morgan fingerprint density at radius 3 is 2.56 bits per heavy atom. The van der Waals surface area contributed by atoms with Gasteiger partial charge in [0.25, 0.3) is 0 Å². The van der Waals surface area contributed by atoms with Gasteiger partial charge in [-0.05, 0) is 30.2 Å². The molecule has 0 unspecified atom stereocenters. The third kappa shape index (κ3) is 2.99. The Morgan fingerprint density at radius 2 is 1.94 bits per heavy atom. The van der Waals surface area contributed by atoms with E-state index in [1.54, 1.807) is 0 Å². The minimum Gasteiger partial charge on any atom is -0.311 e. The zero-order valence-electron chi connectivity index (χ0n) is 11.4. The lowest BCUT2D eigenvalue weighted by Gasteiger charge is -2.07. The van der Waals surface area contributed by atoms with E-state index in [1.807, 2.05) is 6.33 Å². The van der Waals surface area contributed by atoms with E-state index in [-0.39, 0.29) is 0 Å². The second kappa shape index (κ2) is 5.83. The molecule has 0 aliphatic heterocycles. The normalized spacial score (nSPS) is 11.1. The summed E-state index contributed by atoms with van der Waals surface area (Å²) in [5.41, 5.74) is 3.60. The monoisotopic (exact) mass is 243 g/mol. The minimum atomic E-state index is 0.575. The van der Waals surface area contributed by atoms with E-state index in [1.165, 1.54) is 5.56 Å². The van der Waals surface area contributed by atoms with E-state index in [0.717, 1.165) is 24.5 Å². The smallest absolute Gasteiger partial charge is 0.0995 e. The van der Waals surface area contributed by atoms with Gasteiger partial charge in [-0.25, -0.2) is 4.98 Å². The average Bonchev–Trinajstić information content (AvgIpc) is 2.85. The lowest BCUT2D eigenvalue weighted by atomic mass is 10.0. The Bertz CT molecular complexity index is 483. The number of benzene rings is 1. The van der Waals surface area contributed by atoms with Crippen LogP contribution in [-0.2, 0) is 6.54 Å². The number of hydrogen-bond donors (Lipinski definition) is 1. The average molecular weight is 243 g/mol. The summed E-state index contributed by atoms with van der Waals surface area (Å²) in [6, 6.07) is 8.66. The van der Waals surface area contributed by atoms with Crippen molar-refractivity contribution in [1.29, 1.82) is 0 Å². The molecule has 18 heavy (non-hydrogen) atoms. The van der Waals surface area contributed by atoms with Crippen LogP contribution in [0, 0.1) is 0 Å². The highest BCUT2D eigenvalue weighted by Gasteiger charge is 2.02. The van der Waals surface area contributed by atoms with Crippen LogP contribution in [0.2, 0.25) is 0 Å². The van der Waals surface area contributed by atoms with Gasteiger partial charge in [0.05, 0.1) is 12.0 Å². The summed E-state index contributed by atoms with van der Waals surface area (Å²) < 4.78 is 2.07. The number of nitrogens with one attached hydrogen (secondary N) is 1. The van der Waals surface area contributed by atoms with Crippen LogP contribution in [0.4, 0.5) is 0 Å². The standard InChI is InChI=1S/C15H21N3/c1-4-16-9-14-10-18(11-17-14)15-7-5-13(6-8-15)12(2)3/h5-8,10-12,16H,4,9H2,1-3H3. The van der Waals surface area contributed by atoms with Crippen molar-refractivity contribution >= 4 is 0 Å². The van der Waals surface area contributed by atoms with Crippen molar-refractivity contribution in [2.45, 2.75) is 33.2 Å². The molecule has 1 N–H and O–H groups in total. The first-order valence-corrected chi connectivity index (χ1v) is 6.54. The van der Waals surface area contributed by atoms with Crippen molar-refractivity contribution in [3.05, 3.63) is 48.0 Å². The maximum absolute atomic E-state index is 4.39. The summed E-state index contributed by atoms with van der Waals surface area (Å²) in [5, 5.41) is 3.28. The second-order valence-electron chi connectivity index (χ2n) is 4.80. The van der Waals surface area contributed by atoms with Gasteiger partial charge in [-0.15, -0.1) is 0 Å². The fraction of sp³-hybridized carbons (Fsp3) is 0.400. The van der Waals surface area contributed by atoms with Crippen molar-refractivity contribution in [2.75, 3.05) is 6.54 Å². The van der Waals surface area contributed by atoms with Crippen LogP contribution in [0.25, 0.3) is 5.69 Å². The molecule has 0 radical (unpaired) electrons. The number of hydrogen-bond acceptors (Lipinski definition) is 2. The van der Waals surface area contributed by atoms with E-state index in [0.29, 0.717) is 5.92 Å². The summed E-state index contributed by atoms with van der Waals surface area (Å²) in [7, 11) is 0. The van der Waals surface area contributed by atoms with E-state index in [2.05, 4.69) is 66.1 Å². The molecule has 3 nitrogen and oxygen atoms in total. The molecule has 1 aromatic heterocycles. The predicted molar refractivity (Wildman–Crippen MR) is 75.0 cm³/mol.